The minimum atomic E-state index is 0.503. The van der Waals surface area contributed by atoms with Crippen molar-refractivity contribution in [3.63, 3.8) is 0 Å². The molecule has 2 aromatic heterocycles. The van der Waals surface area contributed by atoms with Crippen molar-refractivity contribution in [3.8, 4) is 0 Å². The normalized spacial score (nSPS) is 13.2. The van der Waals surface area contributed by atoms with Crippen molar-refractivity contribution in [2.45, 2.75) is 25.8 Å². The zero-order chi connectivity index (χ0) is 10.7. The Morgan fingerprint density at radius 2 is 2.33 bits per heavy atom. The van der Waals surface area contributed by atoms with Gasteiger partial charge in [0.1, 0.15) is 11.2 Å². The van der Waals surface area contributed by atoms with E-state index in [2.05, 4.69) is 33.7 Å². The van der Waals surface area contributed by atoms with E-state index in [4.69, 9.17) is 0 Å². The summed E-state index contributed by atoms with van der Waals surface area (Å²) in [6.45, 7) is 2.19. The third kappa shape index (κ3) is 2.16. The molecular weight excluding hydrogens is 206 g/mol. The first-order chi connectivity index (χ1) is 7.35. The Morgan fingerprint density at radius 1 is 1.47 bits per heavy atom. The molecule has 4 heteroatoms. The summed E-state index contributed by atoms with van der Waals surface area (Å²) in [4.78, 5) is 9.71. The van der Waals surface area contributed by atoms with Crippen LogP contribution in [0.2, 0.25) is 0 Å². The van der Waals surface area contributed by atoms with Crippen molar-refractivity contribution in [1.29, 1.82) is 0 Å². The molecule has 0 aromatic carbocycles. The minimum Gasteiger partial charge on any atom is -0.317 e. The molecule has 0 saturated carbocycles. The van der Waals surface area contributed by atoms with E-state index in [0.29, 0.717) is 6.04 Å². The second-order valence-corrected chi connectivity index (χ2v) is 4.45. The number of nitrogens with zero attached hydrogens (tertiary/aromatic N) is 2. The molecule has 0 aliphatic heterocycles. The first-order valence-electron chi connectivity index (χ1n) is 5.19. The maximum atomic E-state index is 4.37. The van der Waals surface area contributed by atoms with E-state index >= 15 is 0 Å². The summed E-state index contributed by atoms with van der Waals surface area (Å²) in [5.41, 5.74) is 1.16. The van der Waals surface area contributed by atoms with Gasteiger partial charge in [0.05, 0.1) is 5.69 Å². The van der Waals surface area contributed by atoms with Crippen LogP contribution in [0.1, 0.15) is 19.0 Å². The molecule has 0 fully saturated rings. The average Bonchev–Trinajstić information content (AvgIpc) is 2.74. The number of hydrogen-bond acceptors (Lipinski definition) is 4. The van der Waals surface area contributed by atoms with Gasteiger partial charge in [0.2, 0.25) is 0 Å². The summed E-state index contributed by atoms with van der Waals surface area (Å²) in [5, 5.41) is 6.58. The van der Waals surface area contributed by atoms with Crippen molar-refractivity contribution in [1.82, 2.24) is 15.3 Å². The van der Waals surface area contributed by atoms with Crippen LogP contribution in [-0.4, -0.2) is 23.1 Å². The van der Waals surface area contributed by atoms with Crippen LogP contribution < -0.4 is 5.32 Å². The van der Waals surface area contributed by atoms with E-state index in [1.807, 2.05) is 7.05 Å². The topological polar surface area (TPSA) is 37.8 Å². The van der Waals surface area contributed by atoms with E-state index in [0.717, 1.165) is 23.4 Å². The summed E-state index contributed by atoms with van der Waals surface area (Å²) in [6, 6.07) is 2.61. The number of aromatic nitrogens is 2. The summed E-state index contributed by atoms with van der Waals surface area (Å²) in [6.07, 6.45) is 3.76. The van der Waals surface area contributed by atoms with Gasteiger partial charge in [0.25, 0.3) is 0 Å². The fourth-order valence-corrected chi connectivity index (χ4v) is 2.44. The van der Waals surface area contributed by atoms with Crippen molar-refractivity contribution < 1.29 is 0 Å². The van der Waals surface area contributed by atoms with Crippen molar-refractivity contribution in [2.75, 3.05) is 7.05 Å². The monoisotopic (exact) mass is 221 g/mol. The quantitative estimate of drug-likeness (QED) is 0.860. The highest BCUT2D eigenvalue weighted by atomic mass is 32.1. The fraction of sp³-hybridized carbons (Fsp3) is 0.455. The summed E-state index contributed by atoms with van der Waals surface area (Å²) >= 11 is 1.67. The van der Waals surface area contributed by atoms with E-state index < -0.39 is 0 Å². The van der Waals surface area contributed by atoms with Crippen LogP contribution in [0.15, 0.2) is 17.8 Å². The van der Waals surface area contributed by atoms with Crippen molar-refractivity contribution in [2.24, 2.45) is 0 Å². The van der Waals surface area contributed by atoms with E-state index in [1.54, 1.807) is 17.7 Å². The summed E-state index contributed by atoms with van der Waals surface area (Å²) in [7, 11) is 2.00. The van der Waals surface area contributed by atoms with Crippen molar-refractivity contribution >= 4 is 21.6 Å². The van der Waals surface area contributed by atoms with Gasteiger partial charge >= 0.3 is 0 Å². The zero-order valence-electron chi connectivity index (χ0n) is 9.03. The van der Waals surface area contributed by atoms with Gasteiger partial charge in [-0.2, -0.15) is 0 Å². The molecule has 3 nitrogen and oxygen atoms in total. The van der Waals surface area contributed by atoms with Gasteiger partial charge < -0.3 is 5.32 Å². The first kappa shape index (κ1) is 10.5. The Morgan fingerprint density at radius 3 is 3.07 bits per heavy atom. The van der Waals surface area contributed by atoms with Crippen LogP contribution in [-0.2, 0) is 6.42 Å². The third-order valence-corrected chi connectivity index (χ3v) is 3.51. The lowest BCUT2D eigenvalue weighted by atomic mass is 10.1. The second kappa shape index (κ2) is 4.68. The molecule has 0 bridgehead atoms. The second-order valence-electron chi connectivity index (χ2n) is 3.56. The highest BCUT2D eigenvalue weighted by molar-refractivity contribution is 7.16. The van der Waals surface area contributed by atoms with Gasteiger partial charge in [-0.15, -0.1) is 11.3 Å². The van der Waals surface area contributed by atoms with Gasteiger partial charge in [-0.25, -0.2) is 9.97 Å². The zero-order valence-corrected chi connectivity index (χ0v) is 9.84. The number of rotatable bonds is 4. The molecule has 2 heterocycles. The Bertz CT molecular complexity index is 434. The van der Waals surface area contributed by atoms with Gasteiger partial charge in [-0.3, -0.25) is 0 Å². The molecule has 0 amide bonds. The molecule has 1 atom stereocenters. The van der Waals surface area contributed by atoms with E-state index in [-0.39, 0.29) is 0 Å². The number of thiophene rings is 1. The van der Waals surface area contributed by atoms with Gasteiger partial charge in [-0.1, -0.05) is 6.92 Å². The van der Waals surface area contributed by atoms with E-state index in [1.165, 1.54) is 5.39 Å². The maximum Gasteiger partial charge on any atom is 0.126 e. The molecule has 2 rings (SSSR count). The highest BCUT2D eigenvalue weighted by Crippen LogP contribution is 2.21. The largest absolute Gasteiger partial charge is 0.317 e. The smallest absolute Gasteiger partial charge is 0.126 e. The van der Waals surface area contributed by atoms with Crippen LogP contribution in [0, 0.1) is 0 Å². The molecule has 0 saturated heterocycles. The van der Waals surface area contributed by atoms with Gasteiger partial charge in [0, 0.05) is 17.8 Å². The Balaban J connectivity index is 2.30. The lowest BCUT2D eigenvalue weighted by Gasteiger charge is -2.13. The summed E-state index contributed by atoms with van der Waals surface area (Å²) < 4.78 is 0. The van der Waals surface area contributed by atoms with Gasteiger partial charge in [0.15, 0.2) is 0 Å². The molecule has 80 valence electrons. The molecule has 2 aromatic rings. The van der Waals surface area contributed by atoms with Gasteiger partial charge in [-0.05, 0) is 24.9 Å². The lowest BCUT2D eigenvalue weighted by Crippen LogP contribution is -2.26. The molecule has 1 N–H and O–H groups in total. The standard InChI is InChI=1S/C11H15N3S/c1-3-8(12-2)6-10-9-4-5-15-11(9)14-7-13-10/h4-5,7-8,12H,3,6H2,1-2H3. The van der Waals surface area contributed by atoms with Crippen LogP contribution in [0.3, 0.4) is 0 Å². The minimum absolute atomic E-state index is 0.503. The van der Waals surface area contributed by atoms with Crippen LogP contribution in [0.25, 0.3) is 10.2 Å². The SMILES string of the molecule is CCC(Cc1ncnc2sccc12)NC. The first-order valence-corrected chi connectivity index (χ1v) is 6.07. The highest BCUT2D eigenvalue weighted by Gasteiger charge is 2.09. The van der Waals surface area contributed by atoms with Crippen LogP contribution in [0.4, 0.5) is 0 Å². The van der Waals surface area contributed by atoms with Crippen molar-refractivity contribution in [3.05, 3.63) is 23.5 Å². The van der Waals surface area contributed by atoms with Crippen LogP contribution in [0.5, 0.6) is 0 Å². The predicted molar refractivity (Wildman–Crippen MR) is 64.3 cm³/mol. The molecule has 1 unspecified atom stereocenters. The number of hydrogen-bond donors (Lipinski definition) is 1. The number of nitrogens with one attached hydrogen (secondary N) is 1. The third-order valence-electron chi connectivity index (χ3n) is 2.69. The predicted octanol–water partition coefficient (Wildman–Crippen LogP) is 2.23. The number of fused-ring (bicyclic) bond motifs is 1. The molecule has 15 heavy (non-hydrogen) atoms. The molecule has 0 aliphatic rings. The summed E-state index contributed by atoms with van der Waals surface area (Å²) in [5.74, 6) is 0. The molecular formula is C11H15N3S. The van der Waals surface area contributed by atoms with Crippen LogP contribution >= 0.6 is 11.3 Å². The Kier molecular flexibility index (Phi) is 3.28. The number of likely N-dealkylation sites (N-methyl/N-ethyl adjacent to an activating group) is 1. The Labute approximate surface area is 93.6 Å². The fourth-order valence-electron chi connectivity index (χ4n) is 1.69. The maximum absolute atomic E-state index is 4.37. The molecule has 0 aliphatic carbocycles. The molecule has 0 spiro atoms. The van der Waals surface area contributed by atoms with E-state index in [9.17, 15) is 0 Å². The molecule has 0 radical (unpaired) electrons. The lowest BCUT2D eigenvalue weighted by molar-refractivity contribution is 0.539. The average molecular weight is 221 g/mol. The Hall–Kier alpha value is -1.00.